The molecule has 110 valence electrons. The molecule has 1 aliphatic heterocycles. The molecule has 1 aliphatic rings. The van der Waals surface area contributed by atoms with Crippen LogP contribution in [0.1, 0.15) is 23.3 Å². The third-order valence-corrected chi connectivity index (χ3v) is 3.96. The van der Waals surface area contributed by atoms with Gasteiger partial charge in [0, 0.05) is 19.1 Å². The van der Waals surface area contributed by atoms with Gasteiger partial charge in [-0.15, -0.1) is 0 Å². The van der Waals surface area contributed by atoms with Gasteiger partial charge in [-0.2, -0.15) is 0 Å². The standard InChI is InChI=1S/C11H15ClN4O3S/c1-20(18,19)15-8-2-4-16(5-3-8)11(17)9-6-14-10(12)7-13-9/h6-8,15H,2-5H2,1H3. The summed E-state index contributed by atoms with van der Waals surface area (Å²) in [7, 11) is -3.21. The van der Waals surface area contributed by atoms with E-state index in [1.54, 1.807) is 4.90 Å². The van der Waals surface area contributed by atoms with E-state index in [9.17, 15) is 13.2 Å². The van der Waals surface area contributed by atoms with Crippen molar-refractivity contribution in [3.63, 3.8) is 0 Å². The molecule has 7 nitrogen and oxygen atoms in total. The summed E-state index contributed by atoms with van der Waals surface area (Å²) in [6, 6.07) is -0.120. The van der Waals surface area contributed by atoms with E-state index in [0.717, 1.165) is 6.26 Å². The van der Waals surface area contributed by atoms with Crippen LogP contribution < -0.4 is 4.72 Å². The number of sulfonamides is 1. The second-order valence-electron chi connectivity index (χ2n) is 4.68. The van der Waals surface area contributed by atoms with Gasteiger partial charge in [-0.1, -0.05) is 11.6 Å². The minimum absolute atomic E-state index is 0.120. The molecular weight excluding hydrogens is 304 g/mol. The van der Waals surface area contributed by atoms with Crippen molar-refractivity contribution < 1.29 is 13.2 Å². The Bertz CT molecular complexity index is 582. The van der Waals surface area contributed by atoms with E-state index in [1.807, 2.05) is 0 Å². The van der Waals surface area contributed by atoms with Crippen molar-refractivity contribution in [3.05, 3.63) is 23.2 Å². The van der Waals surface area contributed by atoms with Gasteiger partial charge in [0.2, 0.25) is 10.0 Å². The number of rotatable bonds is 3. The third-order valence-electron chi connectivity index (χ3n) is 3.00. The van der Waals surface area contributed by atoms with Crippen LogP contribution >= 0.6 is 11.6 Å². The molecule has 0 unspecified atom stereocenters. The number of nitrogens with zero attached hydrogens (tertiary/aromatic N) is 3. The van der Waals surface area contributed by atoms with Crippen LogP contribution in [0.4, 0.5) is 0 Å². The van der Waals surface area contributed by atoms with Gasteiger partial charge in [-0.05, 0) is 12.8 Å². The van der Waals surface area contributed by atoms with Crippen LogP contribution in [0.2, 0.25) is 5.15 Å². The molecule has 2 heterocycles. The van der Waals surface area contributed by atoms with Gasteiger partial charge in [0.15, 0.2) is 0 Å². The average molecular weight is 319 g/mol. The SMILES string of the molecule is CS(=O)(=O)NC1CCN(C(=O)c2cnc(Cl)cn2)CC1. The Labute approximate surface area is 122 Å². The zero-order valence-corrected chi connectivity index (χ0v) is 12.5. The van der Waals surface area contributed by atoms with Crippen molar-refractivity contribution in [3.8, 4) is 0 Å². The van der Waals surface area contributed by atoms with E-state index in [0.29, 0.717) is 25.9 Å². The predicted molar refractivity (Wildman–Crippen MR) is 73.9 cm³/mol. The fourth-order valence-electron chi connectivity index (χ4n) is 2.09. The molecule has 1 aromatic rings. The summed E-state index contributed by atoms with van der Waals surface area (Å²) >= 11 is 5.62. The molecule has 2 rings (SSSR count). The van der Waals surface area contributed by atoms with Gasteiger partial charge in [0.05, 0.1) is 18.6 Å². The predicted octanol–water partition coefficient (Wildman–Crippen LogP) is 0.284. The van der Waals surface area contributed by atoms with Gasteiger partial charge in [0.25, 0.3) is 5.91 Å². The topological polar surface area (TPSA) is 92.3 Å². The number of amides is 1. The van der Waals surface area contributed by atoms with Crippen molar-refractivity contribution in [2.75, 3.05) is 19.3 Å². The molecule has 1 saturated heterocycles. The molecule has 0 saturated carbocycles. The average Bonchev–Trinajstić information content (AvgIpc) is 2.38. The molecule has 1 N–H and O–H groups in total. The Morgan fingerprint density at radius 1 is 1.35 bits per heavy atom. The third kappa shape index (κ3) is 4.12. The minimum atomic E-state index is -3.21. The molecule has 0 aliphatic carbocycles. The van der Waals surface area contributed by atoms with Gasteiger partial charge >= 0.3 is 0 Å². The minimum Gasteiger partial charge on any atom is -0.337 e. The lowest BCUT2D eigenvalue weighted by Crippen LogP contribution is -2.46. The fraction of sp³-hybridized carbons (Fsp3) is 0.545. The highest BCUT2D eigenvalue weighted by Crippen LogP contribution is 2.14. The maximum absolute atomic E-state index is 12.1. The molecule has 1 fully saturated rings. The van der Waals surface area contributed by atoms with E-state index < -0.39 is 10.0 Å². The Balaban J connectivity index is 1.93. The molecule has 0 aromatic carbocycles. The largest absolute Gasteiger partial charge is 0.337 e. The highest BCUT2D eigenvalue weighted by atomic mass is 35.5. The number of likely N-dealkylation sites (tertiary alicyclic amines) is 1. The van der Waals surface area contributed by atoms with Gasteiger partial charge < -0.3 is 4.90 Å². The number of halogens is 1. The summed E-state index contributed by atoms with van der Waals surface area (Å²) in [6.45, 7) is 0.965. The number of hydrogen-bond donors (Lipinski definition) is 1. The molecule has 1 amide bonds. The maximum atomic E-state index is 12.1. The zero-order chi connectivity index (χ0) is 14.8. The van der Waals surface area contributed by atoms with Crippen LogP contribution in [0.5, 0.6) is 0 Å². The first kappa shape index (κ1) is 15.1. The van der Waals surface area contributed by atoms with E-state index in [4.69, 9.17) is 11.6 Å². The normalized spacial score (nSPS) is 17.2. The molecule has 0 atom stereocenters. The summed E-state index contributed by atoms with van der Waals surface area (Å²) in [5.74, 6) is -0.216. The summed E-state index contributed by atoms with van der Waals surface area (Å²) in [4.78, 5) is 21.5. The first-order chi connectivity index (χ1) is 9.35. The molecule has 0 bridgehead atoms. The summed E-state index contributed by atoms with van der Waals surface area (Å²) < 4.78 is 24.8. The number of piperidine rings is 1. The Kier molecular flexibility index (Phi) is 4.56. The maximum Gasteiger partial charge on any atom is 0.274 e. The zero-order valence-electron chi connectivity index (χ0n) is 10.9. The summed E-state index contributed by atoms with van der Waals surface area (Å²) in [5.41, 5.74) is 0.240. The highest BCUT2D eigenvalue weighted by Gasteiger charge is 2.25. The van der Waals surface area contributed by atoms with Crippen LogP contribution in [-0.2, 0) is 10.0 Å². The lowest BCUT2D eigenvalue weighted by Gasteiger charge is -2.31. The van der Waals surface area contributed by atoms with Crippen LogP contribution in [0.15, 0.2) is 12.4 Å². The van der Waals surface area contributed by atoms with Crippen molar-refractivity contribution in [2.24, 2.45) is 0 Å². The summed E-state index contributed by atoms with van der Waals surface area (Å²) in [5, 5.41) is 0.234. The molecular formula is C11H15ClN4O3S. The van der Waals surface area contributed by atoms with E-state index >= 15 is 0 Å². The number of hydrogen-bond acceptors (Lipinski definition) is 5. The Hall–Kier alpha value is -1.25. The monoisotopic (exact) mass is 318 g/mol. The molecule has 0 radical (unpaired) electrons. The molecule has 1 aromatic heterocycles. The van der Waals surface area contributed by atoms with E-state index in [1.165, 1.54) is 12.4 Å². The van der Waals surface area contributed by atoms with Crippen LogP contribution in [0.3, 0.4) is 0 Å². The van der Waals surface area contributed by atoms with Crippen LogP contribution in [-0.4, -0.2) is 54.6 Å². The van der Waals surface area contributed by atoms with E-state index in [-0.39, 0.29) is 22.8 Å². The van der Waals surface area contributed by atoms with E-state index in [2.05, 4.69) is 14.7 Å². The number of carbonyl (C=O) groups is 1. The highest BCUT2D eigenvalue weighted by molar-refractivity contribution is 7.88. The lowest BCUT2D eigenvalue weighted by molar-refractivity contribution is 0.0705. The number of aromatic nitrogens is 2. The first-order valence-electron chi connectivity index (χ1n) is 6.09. The lowest BCUT2D eigenvalue weighted by atomic mass is 10.1. The Morgan fingerprint density at radius 3 is 2.50 bits per heavy atom. The number of carbonyl (C=O) groups excluding carboxylic acids is 1. The van der Waals surface area contributed by atoms with Crippen LogP contribution in [0.25, 0.3) is 0 Å². The second-order valence-corrected chi connectivity index (χ2v) is 6.85. The quantitative estimate of drug-likeness (QED) is 0.864. The van der Waals surface area contributed by atoms with Crippen LogP contribution in [0, 0.1) is 0 Å². The fourth-order valence-corrected chi connectivity index (χ4v) is 3.03. The van der Waals surface area contributed by atoms with Crippen molar-refractivity contribution in [1.29, 1.82) is 0 Å². The van der Waals surface area contributed by atoms with Gasteiger partial charge in [-0.25, -0.2) is 23.1 Å². The second kappa shape index (κ2) is 6.02. The molecule has 0 spiro atoms. The van der Waals surface area contributed by atoms with Crippen molar-refractivity contribution >= 4 is 27.5 Å². The van der Waals surface area contributed by atoms with Gasteiger partial charge in [0.1, 0.15) is 10.8 Å². The molecule has 20 heavy (non-hydrogen) atoms. The van der Waals surface area contributed by atoms with Crippen molar-refractivity contribution in [1.82, 2.24) is 19.6 Å². The smallest absolute Gasteiger partial charge is 0.274 e. The number of nitrogens with one attached hydrogen (secondary N) is 1. The molecule has 9 heteroatoms. The van der Waals surface area contributed by atoms with Crippen molar-refractivity contribution in [2.45, 2.75) is 18.9 Å². The Morgan fingerprint density at radius 2 is 2.00 bits per heavy atom. The first-order valence-corrected chi connectivity index (χ1v) is 8.36. The summed E-state index contributed by atoms with van der Waals surface area (Å²) in [6.07, 6.45) is 4.96. The van der Waals surface area contributed by atoms with Gasteiger partial charge in [-0.3, -0.25) is 4.79 Å².